The van der Waals surface area contributed by atoms with Gasteiger partial charge in [-0.15, -0.1) is 0 Å². The number of ether oxygens (including phenoxy) is 1. The molecular formula is C47H59FN6O6. The molecule has 2 heterocycles. The van der Waals surface area contributed by atoms with Crippen molar-refractivity contribution in [1.82, 2.24) is 30.7 Å². The van der Waals surface area contributed by atoms with E-state index in [-0.39, 0.29) is 32.0 Å². The number of aliphatic hydroxyl groups is 1. The van der Waals surface area contributed by atoms with Crippen LogP contribution in [0.5, 0.6) is 0 Å². The molecule has 1 aliphatic heterocycles. The lowest BCUT2D eigenvalue weighted by atomic mass is 9.84. The lowest BCUT2D eigenvalue weighted by Crippen LogP contribution is -2.59. The predicted molar refractivity (Wildman–Crippen MR) is 229 cm³/mol. The van der Waals surface area contributed by atoms with E-state index in [2.05, 4.69) is 20.9 Å². The highest BCUT2D eigenvalue weighted by molar-refractivity contribution is 5.89. The molecule has 4 N–H and O–H groups in total. The molecular weight excluding hydrogens is 764 g/mol. The number of methoxy groups -OCH3 is 1. The average Bonchev–Trinajstić information content (AvgIpc) is 3.55. The van der Waals surface area contributed by atoms with E-state index >= 15 is 0 Å². The zero-order valence-corrected chi connectivity index (χ0v) is 35.7. The molecule has 5 rings (SSSR count). The highest BCUT2D eigenvalue weighted by atomic mass is 19.1. The van der Waals surface area contributed by atoms with Crippen molar-refractivity contribution in [1.29, 1.82) is 0 Å². The van der Waals surface area contributed by atoms with Gasteiger partial charge in [-0.2, -0.15) is 0 Å². The van der Waals surface area contributed by atoms with Crippen LogP contribution in [0.3, 0.4) is 0 Å². The highest BCUT2D eigenvalue weighted by Crippen LogP contribution is 2.30. The van der Waals surface area contributed by atoms with Crippen molar-refractivity contribution >= 4 is 23.9 Å². The molecule has 1 aliphatic rings. The van der Waals surface area contributed by atoms with E-state index in [9.17, 15) is 28.7 Å². The molecule has 0 radical (unpaired) electrons. The molecule has 2 unspecified atom stereocenters. The van der Waals surface area contributed by atoms with Gasteiger partial charge in [0.2, 0.25) is 11.8 Å². The van der Waals surface area contributed by atoms with E-state index in [4.69, 9.17) is 4.74 Å². The Balaban J connectivity index is 1.42. The van der Waals surface area contributed by atoms with Crippen LogP contribution in [0.1, 0.15) is 64.7 Å². The Bertz CT molecular complexity index is 2050. The molecule has 4 aromatic rings. The zero-order chi connectivity index (χ0) is 43.6. The molecule has 320 valence electrons. The van der Waals surface area contributed by atoms with Crippen LogP contribution in [0, 0.1) is 16.6 Å². The van der Waals surface area contributed by atoms with Crippen LogP contribution in [0.15, 0.2) is 103 Å². The van der Waals surface area contributed by atoms with Gasteiger partial charge in [0.05, 0.1) is 31.5 Å². The minimum atomic E-state index is -1.18. The van der Waals surface area contributed by atoms with Gasteiger partial charge in [-0.3, -0.25) is 14.6 Å². The lowest BCUT2D eigenvalue weighted by Gasteiger charge is -2.38. The standard InChI is InChI=1S/C47H59FN6O6/c1-46(2,3)40(52-44(58)60-7)42(56)50-35(27-32-20-22-33(23-21-32)37-19-13-14-24-49-37)29-39(55)38(28-31-15-9-8-10-16-31)51-43(57)41(47(4,5)6)54-26-25-53(45(54)59)30-34-17-11-12-18-36(34)48/h8-24,35,38-41,55H,25-30H2,1-7H3,(H,50,56)(H,51,57)(H,52,58)/t35-,38-,39-,40?,41?/m0/s1. The van der Waals surface area contributed by atoms with Gasteiger partial charge in [-0.1, -0.05) is 120 Å². The number of amides is 5. The van der Waals surface area contributed by atoms with Crippen molar-refractivity contribution in [2.45, 2.75) is 97.6 Å². The van der Waals surface area contributed by atoms with Crippen molar-refractivity contribution < 1.29 is 33.4 Å². The molecule has 0 aliphatic carbocycles. The monoisotopic (exact) mass is 822 g/mol. The first kappa shape index (κ1) is 45.3. The molecule has 60 heavy (non-hydrogen) atoms. The fourth-order valence-electron chi connectivity index (χ4n) is 7.65. The smallest absolute Gasteiger partial charge is 0.407 e. The van der Waals surface area contributed by atoms with E-state index in [1.165, 1.54) is 23.0 Å². The van der Waals surface area contributed by atoms with Crippen molar-refractivity contribution in [3.63, 3.8) is 0 Å². The van der Waals surface area contributed by atoms with Crippen LogP contribution in [0.4, 0.5) is 14.0 Å². The molecule has 0 spiro atoms. The Morgan fingerprint density at radius 3 is 2.05 bits per heavy atom. The maximum absolute atomic E-state index is 14.6. The molecule has 0 saturated carbocycles. The predicted octanol–water partition coefficient (Wildman–Crippen LogP) is 6.52. The molecule has 0 bridgehead atoms. The number of pyridine rings is 1. The third-order valence-electron chi connectivity index (χ3n) is 10.8. The number of carbonyl (C=O) groups is 4. The van der Waals surface area contributed by atoms with Crippen LogP contribution in [0.25, 0.3) is 11.3 Å². The first-order valence-corrected chi connectivity index (χ1v) is 20.4. The number of benzene rings is 3. The first-order valence-electron chi connectivity index (χ1n) is 20.4. The number of nitrogens with zero attached hydrogens (tertiary/aromatic N) is 3. The van der Waals surface area contributed by atoms with Gasteiger partial charge in [0, 0.05) is 36.5 Å². The van der Waals surface area contributed by atoms with Gasteiger partial charge < -0.3 is 35.6 Å². The van der Waals surface area contributed by atoms with Gasteiger partial charge >= 0.3 is 12.1 Å². The second-order valence-corrected chi connectivity index (χ2v) is 17.6. The fraction of sp³-hybridized carbons (Fsp3) is 0.426. The van der Waals surface area contributed by atoms with Gasteiger partial charge in [0.25, 0.3) is 0 Å². The Labute approximate surface area is 352 Å². The number of aliphatic hydroxyl groups excluding tert-OH is 1. The average molecular weight is 823 g/mol. The van der Waals surface area contributed by atoms with Crippen molar-refractivity contribution in [2.24, 2.45) is 10.8 Å². The summed E-state index contributed by atoms with van der Waals surface area (Å²) in [4.78, 5) is 62.3. The van der Waals surface area contributed by atoms with Crippen LogP contribution >= 0.6 is 0 Å². The second kappa shape index (κ2) is 20.0. The summed E-state index contributed by atoms with van der Waals surface area (Å²) in [6.07, 6.45) is 0.395. The Hall–Kier alpha value is -5.82. The maximum Gasteiger partial charge on any atom is 0.407 e. The van der Waals surface area contributed by atoms with Crippen LogP contribution in [0.2, 0.25) is 0 Å². The van der Waals surface area contributed by atoms with Crippen LogP contribution in [-0.4, -0.2) is 94.3 Å². The van der Waals surface area contributed by atoms with Crippen molar-refractivity contribution in [2.75, 3.05) is 20.2 Å². The summed E-state index contributed by atoms with van der Waals surface area (Å²) in [6, 6.07) is 25.5. The highest BCUT2D eigenvalue weighted by Gasteiger charge is 2.44. The summed E-state index contributed by atoms with van der Waals surface area (Å²) in [5.74, 6) is -1.31. The lowest BCUT2D eigenvalue weighted by molar-refractivity contribution is -0.131. The van der Waals surface area contributed by atoms with E-state index in [0.29, 0.717) is 18.5 Å². The molecule has 1 aromatic heterocycles. The summed E-state index contributed by atoms with van der Waals surface area (Å²) in [5.41, 5.74) is 2.44. The van der Waals surface area contributed by atoms with E-state index in [0.717, 1.165) is 22.4 Å². The summed E-state index contributed by atoms with van der Waals surface area (Å²) in [7, 11) is 1.23. The normalized spacial score (nSPS) is 15.7. The minimum Gasteiger partial charge on any atom is -0.453 e. The summed E-state index contributed by atoms with van der Waals surface area (Å²) in [5, 5.41) is 21.1. The van der Waals surface area contributed by atoms with Gasteiger partial charge in [-0.25, -0.2) is 14.0 Å². The maximum atomic E-state index is 14.6. The summed E-state index contributed by atoms with van der Waals surface area (Å²) in [6.45, 7) is 11.8. The van der Waals surface area contributed by atoms with Gasteiger partial charge in [0.1, 0.15) is 17.9 Å². The van der Waals surface area contributed by atoms with Crippen molar-refractivity contribution in [3.05, 3.63) is 126 Å². The molecule has 12 nitrogen and oxygen atoms in total. The summed E-state index contributed by atoms with van der Waals surface area (Å²) >= 11 is 0. The van der Waals surface area contributed by atoms with E-state index in [1.807, 2.05) is 114 Å². The van der Waals surface area contributed by atoms with Crippen LogP contribution < -0.4 is 16.0 Å². The molecule has 5 atom stereocenters. The third-order valence-corrected chi connectivity index (χ3v) is 10.8. The molecule has 3 aromatic carbocycles. The zero-order valence-electron chi connectivity index (χ0n) is 35.7. The SMILES string of the molecule is COC(=O)NC(C(=O)N[C@@H](Cc1ccc(-c2ccccn2)cc1)C[C@H](O)[C@H](Cc1ccccc1)NC(=O)C(N1CCN(Cc2ccccc2F)C1=O)C(C)(C)C)C(C)(C)C. The number of carbonyl (C=O) groups excluding carboxylic acids is 4. The number of hydrogen-bond donors (Lipinski definition) is 4. The number of nitrogens with one attached hydrogen (secondary N) is 3. The second-order valence-electron chi connectivity index (χ2n) is 17.6. The van der Waals surface area contributed by atoms with Crippen LogP contribution in [-0.2, 0) is 33.7 Å². The molecule has 1 saturated heterocycles. The Morgan fingerprint density at radius 1 is 0.783 bits per heavy atom. The Morgan fingerprint density at radius 2 is 1.43 bits per heavy atom. The van der Waals surface area contributed by atoms with Gasteiger partial charge in [0.15, 0.2) is 0 Å². The molecule has 1 fully saturated rings. The number of alkyl carbamates (subject to hydrolysis) is 1. The number of hydrogen-bond acceptors (Lipinski definition) is 7. The largest absolute Gasteiger partial charge is 0.453 e. The van der Waals surface area contributed by atoms with Gasteiger partial charge in [-0.05, 0) is 59.4 Å². The number of urea groups is 1. The summed E-state index contributed by atoms with van der Waals surface area (Å²) < 4.78 is 19.4. The Kier molecular flexibility index (Phi) is 15.1. The minimum absolute atomic E-state index is 0.0276. The number of rotatable bonds is 16. The topological polar surface area (TPSA) is 153 Å². The van der Waals surface area contributed by atoms with E-state index in [1.54, 1.807) is 24.4 Å². The third kappa shape index (κ3) is 12.1. The van der Waals surface area contributed by atoms with Crippen molar-refractivity contribution in [3.8, 4) is 11.3 Å². The van der Waals surface area contributed by atoms with E-state index < -0.39 is 64.8 Å². The molecule has 5 amide bonds. The molecule has 13 heteroatoms. The number of halogens is 1. The fourth-order valence-corrected chi connectivity index (χ4v) is 7.65. The quantitative estimate of drug-likeness (QED) is 0.101. The number of aromatic nitrogens is 1. The first-order chi connectivity index (χ1) is 28.4.